The Labute approximate surface area is 160 Å². The Morgan fingerprint density at radius 2 is 1.69 bits per heavy atom. The van der Waals surface area contributed by atoms with Crippen molar-refractivity contribution in [2.24, 2.45) is 0 Å². The van der Waals surface area contributed by atoms with Crippen molar-refractivity contribution in [3.05, 3.63) is 75.6 Å². The van der Waals surface area contributed by atoms with E-state index in [4.69, 9.17) is 11.6 Å². The van der Waals surface area contributed by atoms with E-state index in [1.807, 2.05) is 37.3 Å². The van der Waals surface area contributed by atoms with E-state index in [0.29, 0.717) is 21.2 Å². The van der Waals surface area contributed by atoms with Crippen LogP contribution in [0.25, 0.3) is 10.4 Å². The number of nitrogens with one attached hydrogen (secondary N) is 2. The zero-order valence-corrected chi connectivity index (χ0v) is 15.9. The first-order valence-electron chi connectivity index (χ1n) is 7.98. The van der Waals surface area contributed by atoms with Crippen molar-refractivity contribution in [3.8, 4) is 10.4 Å². The number of rotatable bonds is 4. The zero-order chi connectivity index (χ0) is 18.7. The van der Waals surface area contributed by atoms with Crippen molar-refractivity contribution >= 4 is 40.4 Å². The van der Waals surface area contributed by atoms with Crippen molar-refractivity contribution in [1.82, 2.24) is 5.32 Å². The Bertz CT molecular complexity index is 964. The van der Waals surface area contributed by atoms with Gasteiger partial charge >= 0.3 is 0 Å². The molecule has 2 amide bonds. The fourth-order valence-electron chi connectivity index (χ4n) is 2.56. The Morgan fingerprint density at radius 3 is 2.38 bits per heavy atom. The van der Waals surface area contributed by atoms with E-state index in [1.54, 1.807) is 31.3 Å². The summed E-state index contributed by atoms with van der Waals surface area (Å²) in [4.78, 5) is 26.1. The number of thiophene rings is 1. The maximum atomic E-state index is 12.6. The van der Waals surface area contributed by atoms with Crippen LogP contribution in [0.5, 0.6) is 0 Å². The normalized spacial score (nSPS) is 10.4. The van der Waals surface area contributed by atoms with Gasteiger partial charge in [-0.2, -0.15) is 0 Å². The van der Waals surface area contributed by atoms with Gasteiger partial charge in [-0.05, 0) is 54.4 Å². The van der Waals surface area contributed by atoms with Gasteiger partial charge in [0.25, 0.3) is 11.8 Å². The molecule has 0 aliphatic heterocycles. The monoisotopic (exact) mass is 384 g/mol. The summed E-state index contributed by atoms with van der Waals surface area (Å²) >= 11 is 7.32. The molecular formula is C20H17ClN2O2S. The highest BCUT2D eigenvalue weighted by Gasteiger charge is 2.15. The SMILES string of the molecule is CNC(=O)c1cccc(NC(=O)c2ccc(-c3ccc(Cl)cc3)s2)c1C. The summed E-state index contributed by atoms with van der Waals surface area (Å²) in [5.41, 5.74) is 2.90. The second kappa shape index (κ2) is 7.72. The van der Waals surface area contributed by atoms with Crippen LogP contribution in [0.15, 0.2) is 54.6 Å². The molecule has 1 aromatic heterocycles. The van der Waals surface area contributed by atoms with Gasteiger partial charge in [-0.15, -0.1) is 11.3 Å². The average molecular weight is 385 g/mol. The van der Waals surface area contributed by atoms with E-state index in [2.05, 4.69) is 10.6 Å². The molecule has 2 N–H and O–H groups in total. The Balaban J connectivity index is 1.81. The third kappa shape index (κ3) is 3.79. The number of anilines is 1. The molecule has 0 aliphatic rings. The molecule has 0 fully saturated rings. The molecule has 0 spiro atoms. The van der Waals surface area contributed by atoms with E-state index in [1.165, 1.54) is 11.3 Å². The van der Waals surface area contributed by atoms with Crippen LogP contribution in [-0.4, -0.2) is 18.9 Å². The predicted molar refractivity (Wildman–Crippen MR) is 107 cm³/mol. The minimum absolute atomic E-state index is 0.181. The number of amides is 2. The Kier molecular flexibility index (Phi) is 5.40. The molecule has 3 rings (SSSR count). The minimum atomic E-state index is -0.202. The lowest BCUT2D eigenvalue weighted by atomic mass is 10.1. The number of hydrogen-bond donors (Lipinski definition) is 2. The third-order valence-electron chi connectivity index (χ3n) is 4.01. The van der Waals surface area contributed by atoms with Crippen molar-refractivity contribution in [2.75, 3.05) is 12.4 Å². The highest BCUT2D eigenvalue weighted by atomic mass is 35.5. The van der Waals surface area contributed by atoms with Crippen LogP contribution < -0.4 is 10.6 Å². The summed E-state index contributed by atoms with van der Waals surface area (Å²) < 4.78 is 0. The average Bonchev–Trinajstić information content (AvgIpc) is 3.13. The molecule has 26 heavy (non-hydrogen) atoms. The molecule has 1 heterocycles. The number of carbonyl (C=O) groups excluding carboxylic acids is 2. The van der Waals surface area contributed by atoms with Crippen LogP contribution in [0.2, 0.25) is 5.02 Å². The Hall–Kier alpha value is -2.63. The quantitative estimate of drug-likeness (QED) is 0.665. The maximum absolute atomic E-state index is 12.6. The van der Waals surface area contributed by atoms with Crippen molar-refractivity contribution in [1.29, 1.82) is 0 Å². The summed E-state index contributed by atoms with van der Waals surface area (Å²) in [6.45, 7) is 1.81. The molecular weight excluding hydrogens is 368 g/mol. The first-order chi connectivity index (χ1) is 12.5. The van der Waals surface area contributed by atoms with Crippen LogP contribution in [0.4, 0.5) is 5.69 Å². The van der Waals surface area contributed by atoms with Gasteiger partial charge in [-0.25, -0.2) is 0 Å². The fraction of sp³-hybridized carbons (Fsp3) is 0.100. The molecule has 0 unspecified atom stereocenters. The number of carbonyl (C=O) groups is 2. The number of hydrogen-bond acceptors (Lipinski definition) is 3. The summed E-state index contributed by atoms with van der Waals surface area (Å²) in [6, 6.07) is 16.5. The molecule has 0 aliphatic carbocycles. The second-order valence-corrected chi connectivity index (χ2v) is 7.20. The van der Waals surface area contributed by atoms with Gasteiger partial charge in [0.15, 0.2) is 0 Å². The van der Waals surface area contributed by atoms with Crippen LogP contribution in [0.1, 0.15) is 25.6 Å². The molecule has 4 nitrogen and oxygen atoms in total. The fourth-order valence-corrected chi connectivity index (χ4v) is 3.60. The van der Waals surface area contributed by atoms with Gasteiger partial charge in [0.1, 0.15) is 0 Å². The van der Waals surface area contributed by atoms with E-state index in [-0.39, 0.29) is 11.8 Å². The van der Waals surface area contributed by atoms with Crippen molar-refractivity contribution in [3.63, 3.8) is 0 Å². The highest BCUT2D eigenvalue weighted by molar-refractivity contribution is 7.17. The summed E-state index contributed by atoms with van der Waals surface area (Å²) in [6.07, 6.45) is 0. The summed E-state index contributed by atoms with van der Waals surface area (Å²) in [7, 11) is 1.58. The molecule has 0 saturated heterocycles. The summed E-state index contributed by atoms with van der Waals surface area (Å²) in [5, 5.41) is 6.17. The molecule has 6 heteroatoms. The van der Waals surface area contributed by atoms with Gasteiger partial charge in [-0.3, -0.25) is 9.59 Å². The van der Waals surface area contributed by atoms with Gasteiger partial charge in [0.2, 0.25) is 0 Å². The van der Waals surface area contributed by atoms with Gasteiger partial charge in [-0.1, -0.05) is 29.8 Å². The van der Waals surface area contributed by atoms with E-state index in [9.17, 15) is 9.59 Å². The van der Waals surface area contributed by atoms with Gasteiger partial charge in [0, 0.05) is 28.2 Å². The Morgan fingerprint density at radius 1 is 0.962 bits per heavy atom. The van der Waals surface area contributed by atoms with Crippen LogP contribution in [-0.2, 0) is 0 Å². The maximum Gasteiger partial charge on any atom is 0.265 e. The number of halogens is 1. The van der Waals surface area contributed by atoms with E-state index in [0.717, 1.165) is 16.0 Å². The molecule has 0 radical (unpaired) electrons. The van der Waals surface area contributed by atoms with Gasteiger partial charge < -0.3 is 10.6 Å². The molecule has 3 aromatic rings. The zero-order valence-electron chi connectivity index (χ0n) is 14.3. The van der Waals surface area contributed by atoms with Crippen LogP contribution in [0, 0.1) is 6.92 Å². The number of benzene rings is 2. The minimum Gasteiger partial charge on any atom is -0.355 e. The second-order valence-electron chi connectivity index (χ2n) is 5.68. The van der Waals surface area contributed by atoms with Crippen molar-refractivity contribution in [2.45, 2.75) is 6.92 Å². The lowest BCUT2D eigenvalue weighted by molar-refractivity contribution is 0.0961. The first kappa shape index (κ1) is 18.2. The van der Waals surface area contributed by atoms with Crippen LogP contribution >= 0.6 is 22.9 Å². The molecule has 0 atom stereocenters. The lowest BCUT2D eigenvalue weighted by Crippen LogP contribution is -2.20. The topological polar surface area (TPSA) is 58.2 Å². The van der Waals surface area contributed by atoms with Crippen molar-refractivity contribution < 1.29 is 9.59 Å². The molecule has 0 bridgehead atoms. The lowest BCUT2D eigenvalue weighted by Gasteiger charge is -2.11. The standard InChI is InChI=1S/C20H17ClN2O2S/c1-12-15(19(24)22-2)4-3-5-16(12)23-20(25)18-11-10-17(26-18)13-6-8-14(21)9-7-13/h3-11H,1-2H3,(H,22,24)(H,23,25). The predicted octanol–water partition coefficient (Wildman–Crippen LogP) is 4.99. The highest BCUT2D eigenvalue weighted by Crippen LogP contribution is 2.30. The molecule has 0 saturated carbocycles. The van der Waals surface area contributed by atoms with Gasteiger partial charge in [0.05, 0.1) is 4.88 Å². The smallest absolute Gasteiger partial charge is 0.265 e. The van der Waals surface area contributed by atoms with E-state index < -0.39 is 0 Å². The largest absolute Gasteiger partial charge is 0.355 e. The molecule has 2 aromatic carbocycles. The third-order valence-corrected chi connectivity index (χ3v) is 5.40. The first-order valence-corrected chi connectivity index (χ1v) is 9.18. The summed E-state index contributed by atoms with van der Waals surface area (Å²) in [5.74, 6) is -0.382. The van der Waals surface area contributed by atoms with E-state index >= 15 is 0 Å². The molecule has 132 valence electrons. The van der Waals surface area contributed by atoms with Crippen LogP contribution in [0.3, 0.4) is 0 Å².